The minimum atomic E-state index is -0.199. The van der Waals surface area contributed by atoms with Gasteiger partial charge in [-0.2, -0.15) is 0 Å². The van der Waals surface area contributed by atoms with E-state index < -0.39 is 0 Å². The van der Waals surface area contributed by atoms with Gasteiger partial charge in [-0.15, -0.1) is 11.3 Å². The van der Waals surface area contributed by atoms with Gasteiger partial charge in [-0.1, -0.05) is 0 Å². The average molecular weight is 419 g/mol. The minimum Gasteiger partial charge on any atom is -0.493 e. The number of nitrogens with zero attached hydrogens (tertiary/aromatic N) is 3. The summed E-state index contributed by atoms with van der Waals surface area (Å²) in [6, 6.07) is 3.26. The maximum atomic E-state index is 13.0. The molecular weight excluding hydrogens is 392 g/mol. The molecule has 1 fully saturated rings. The van der Waals surface area contributed by atoms with E-state index in [1.54, 1.807) is 29.6 Å². The second kappa shape index (κ2) is 9.23. The van der Waals surface area contributed by atoms with Crippen LogP contribution in [0.15, 0.2) is 23.0 Å². The highest BCUT2D eigenvalue weighted by Gasteiger charge is 2.28. The fourth-order valence-electron chi connectivity index (χ4n) is 3.42. The van der Waals surface area contributed by atoms with E-state index in [9.17, 15) is 9.59 Å². The maximum Gasteiger partial charge on any atom is 0.254 e. The molecule has 2 aromatic rings. The third-order valence-electron chi connectivity index (χ3n) is 4.98. The maximum absolute atomic E-state index is 13.0. The molecule has 1 unspecified atom stereocenters. The third kappa shape index (κ3) is 4.86. The molecule has 1 atom stereocenters. The molecule has 1 aliphatic rings. The lowest BCUT2D eigenvalue weighted by molar-refractivity contribution is -0.119. The average Bonchev–Trinajstić information content (AvgIpc) is 3.38. The van der Waals surface area contributed by atoms with E-state index in [1.807, 2.05) is 12.4 Å². The van der Waals surface area contributed by atoms with E-state index in [0.29, 0.717) is 35.8 Å². The predicted octanol–water partition coefficient (Wildman–Crippen LogP) is 2.32. The van der Waals surface area contributed by atoms with Crippen LogP contribution >= 0.6 is 11.3 Å². The van der Waals surface area contributed by atoms with E-state index in [0.717, 1.165) is 18.7 Å². The number of methoxy groups -OCH3 is 2. The van der Waals surface area contributed by atoms with Gasteiger partial charge in [0.05, 0.1) is 43.6 Å². The van der Waals surface area contributed by atoms with E-state index in [1.165, 1.54) is 25.6 Å². The molecule has 1 aromatic carbocycles. The van der Waals surface area contributed by atoms with E-state index in [4.69, 9.17) is 9.47 Å². The van der Waals surface area contributed by atoms with Crippen LogP contribution < -0.4 is 14.8 Å². The number of rotatable bonds is 7. The first-order valence-corrected chi connectivity index (χ1v) is 10.2. The van der Waals surface area contributed by atoms with Crippen LogP contribution in [0.4, 0.5) is 5.69 Å². The van der Waals surface area contributed by atoms with Crippen molar-refractivity contribution in [1.29, 1.82) is 0 Å². The normalized spacial score (nSPS) is 16.5. The van der Waals surface area contributed by atoms with E-state index >= 15 is 0 Å². The molecule has 0 aliphatic carbocycles. The number of likely N-dealkylation sites (tertiary alicyclic amines) is 1. The van der Waals surface area contributed by atoms with Gasteiger partial charge in [0.25, 0.3) is 5.91 Å². The highest BCUT2D eigenvalue weighted by molar-refractivity contribution is 7.07. The van der Waals surface area contributed by atoms with Crippen LogP contribution in [0.5, 0.6) is 11.5 Å². The monoisotopic (exact) mass is 418 g/mol. The lowest BCUT2D eigenvalue weighted by Gasteiger charge is -2.20. The Morgan fingerprint density at radius 1 is 1.34 bits per heavy atom. The summed E-state index contributed by atoms with van der Waals surface area (Å²) >= 11 is 1.48. The second-order valence-corrected chi connectivity index (χ2v) is 7.86. The summed E-state index contributed by atoms with van der Waals surface area (Å²) in [5.41, 5.74) is 3.39. The fourth-order valence-corrected chi connectivity index (χ4v) is 3.96. The summed E-state index contributed by atoms with van der Waals surface area (Å²) < 4.78 is 10.9. The number of aromatic nitrogens is 1. The quantitative estimate of drug-likeness (QED) is 0.743. The topological polar surface area (TPSA) is 84.0 Å². The Hall–Kier alpha value is -2.65. The van der Waals surface area contributed by atoms with E-state index in [2.05, 4.69) is 15.2 Å². The van der Waals surface area contributed by atoms with Crippen LogP contribution in [0.25, 0.3) is 0 Å². The Labute approximate surface area is 174 Å². The van der Waals surface area contributed by atoms with Crippen LogP contribution in [-0.2, 0) is 11.3 Å². The fraction of sp³-hybridized carbons (Fsp3) is 0.450. The first kappa shape index (κ1) is 21.1. The van der Waals surface area contributed by atoms with Gasteiger partial charge >= 0.3 is 0 Å². The molecule has 0 bridgehead atoms. The summed E-state index contributed by atoms with van der Waals surface area (Å²) in [6.45, 7) is 1.99. The van der Waals surface area contributed by atoms with Gasteiger partial charge in [0.15, 0.2) is 11.5 Å². The summed E-state index contributed by atoms with van der Waals surface area (Å²) in [5, 5.41) is 4.83. The lowest BCUT2D eigenvalue weighted by Crippen LogP contribution is -2.27. The van der Waals surface area contributed by atoms with Crippen molar-refractivity contribution in [3.8, 4) is 11.5 Å². The number of ether oxygens (including phenoxy) is 2. The molecule has 3 rings (SSSR count). The van der Waals surface area contributed by atoms with Gasteiger partial charge in [-0.05, 0) is 32.1 Å². The highest BCUT2D eigenvalue weighted by atomic mass is 32.1. The Kier molecular flexibility index (Phi) is 6.71. The molecule has 2 heterocycles. The van der Waals surface area contributed by atoms with Gasteiger partial charge in [0.1, 0.15) is 0 Å². The number of hydrogen-bond acceptors (Lipinski definition) is 7. The number of hydrogen-bond donors (Lipinski definition) is 1. The zero-order valence-corrected chi connectivity index (χ0v) is 17.9. The zero-order valence-electron chi connectivity index (χ0n) is 17.1. The second-order valence-electron chi connectivity index (χ2n) is 7.14. The third-order valence-corrected chi connectivity index (χ3v) is 5.61. The van der Waals surface area contributed by atoms with Crippen LogP contribution in [0.3, 0.4) is 0 Å². The van der Waals surface area contributed by atoms with Crippen LogP contribution in [0, 0.1) is 5.92 Å². The number of nitrogens with one attached hydrogen (secondary N) is 1. The first-order chi connectivity index (χ1) is 13.9. The standard InChI is InChI=1S/C20H26N4O4S/c1-23-6-5-13(9-23)19(25)22-16-7-14(8-17(27-3)18(16)28-4)20(26)24(2)10-15-11-29-12-21-15/h7-8,11-13H,5-6,9-10H2,1-4H3,(H,22,25). The lowest BCUT2D eigenvalue weighted by atomic mass is 10.1. The Bertz CT molecular complexity index is 872. The molecule has 9 heteroatoms. The number of carbonyl (C=O) groups excluding carboxylic acids is 2. The van der Waals surface area contributed by atoms with Crippen molar-refractivity contribution in [3.05, 3.63) is 34.3 Å². The summed E-state index contributed by atoms with van der Waals surface area (Å²) in [6.07, 6.45) is 0.802. The molecule has 0 saturated carbocycles. The molecule has 1 saturated heterocycles. The molecule has 8 nitrogen and oxygen atoms in total. The summed E-state index contributed by atoms with van der Waals surface area (Å²) in [7, 11) is 6.72. The number of carbonyl (C=O) groups is 2. The smallest absolute Gasteiger partial charge is 0.254 e. The molecule has 29 heavy (non-hydrogen) atoms. The van der Waals surface area contributed by atoms with Crippen LogP contribution in [-0.4, -0.2) is 68.0 Å². The van der Waals surface area contributed by atoms with Crippen LogP contribution in [0.1, 0.15) is 22.5 Å². The number of thiazole rings is 1. The van der Waals surface area contributed by atoms with Crippen molar-refractivity contribution in [3.63, 3.8) is 0 Å². The predicted molar refractivity (Wildman–Crippen MR) is 112 cm³/mol. The zero-order chi connectivity index (χ0) is 21.0. The summed E-state index contributed by atoms with van der Waals surface area (Å²) in [5.74, 6) is 0.401. The van der Waals surface area contributed by atoms with Crippen LogP contribution in [0.2, 0.25) is 0 Å². The molecule has 156 valence electrons. The Morgan fingerprint density at radius 3 is 2.72 bits per heavy atom. The molecule has 1 N–H and O–H groups in total. The van der Waals surface area contributed by atoms with Gasteiger partial charge in [0.2, 0.25) is 5.91 Å². The molecule has 0 radical (unpaired) electrons. The molecule has 2 amide bonds. The highest BCUT2D eigenvalue weighted by Crippen LogP contribution is 2.37. The van der Waals surface area contributed by atoms with Gasteiger partial charge < -0.3 is 24.6 Å². The molecule has 0 spiro atoms. The van der Waals surface area contributed by atoms with Crippen molar-refractivity contribution in [1.82, 2.24) is 14.8 Å². The van der Waals surface area contributed by atoms with Crippen molar-refractivity contribution < 1.29 is 19.1 Å². The minimum absolute atomic E-state index is 0.0878. The van der Waals surface area contributed by atoms with Crippen molar-refractivity contribution >= 4 is 28.8 Å². The van der Waals surface area contributed by atoms with E-state index in [-0.39, 0.29) is 17.7 Å². The number of benzene rings is 1. The number of amides is 2. The van der Waals surface area contributed by atoms with Crippen molar-refractivity contribution in [2.45, 2.75) is 13.0 Å². The molecular formula is C20H26N4O4S. The molecule has 1 aliphatic heterocycles. The first-order valence-electron chi connectivity index (χ1n) is 9.31. The van der Waals surface area contributed by atoms with Gasteiger partial charge in [0, 0.05) is 24.5 Å². The molecule has 1 aromatic heterocycles. The van der Waals surface area contributed by atoms with Gasteiger partial charge in [-0.3, -0.25) is 9.59 Å². The Morgan fingerprint density at radius 2 is 2.14 bits per heavy atom. The van der Waals surface area contributed by atoms with Crippen molar-refractivity contribution in [2.75, 3.05) is 46.7 Å². The summed E-state index contributed by atoms with van der Waals surface area (Å²) in [4.78, 5) is 33.6. The van der Waals surface area contributed by atoms with Crippen molar-refractivity contribution in [2.24, 2.45) is 5.92 Å². The SMILES string of the molecule is COc1cc(C(=O)N(C)Cc2cscn2)cc(NC(=O)C2CCN(C)C2)c1OC. The Balaban J connectivity index is 1.85. The largest absolute Gasteiger partial charge is 0.493 e. The van der Waals surface area contributed by atoms with Gasteiger partial charge in [-0.25, -0.2) is 4.98 Å². The number of anilines is 1.